The summed E-state index contributed by atoms with van der Waals surface area (Å²) < 4.78 is 0. The molecule has 2 aromatic carbocycles. The quantitative estimate of drug-likeness (QED) is 0.421. The first-order valence-corrected chi connectivity index (χ1v) is 9.13. The second kappa shape index (κ2) is 8.22. The van der Waals surface area contributed by atoms with Crippen molar-refractivity contribution < 1.29 is 0 Å². The molecule has 1 fully saturated rings. The molecule has 0 atom stereocenters. The fourth-order valence-corrected chi connectivity index (χ4v) is 3.43. The highest BCUT2D eigenvalue weighted by molar-refractivity contribution is 6.30. The highest BCUT2D eigenvalue weighted by Crippen LogP contribution is 2.29. The van der Waals surface area contributed by atoms with Crippen molar-refractivity contribution in [2.75, 3.05) is 0 Å². The van der Waals surface area contributed by atoms with Crippen LogP contribution in [0.15, 0.2) is 60.7 Å². The molecule has 0 aliphatic heterocycles. The Morgan fingerprint density at radius 2 is 1.46 bits per heavy atom. The Morgan fingerprint density at radius 1 is 0.875 bits per heavy atom. The lowest BCUT2D eigenvalue weighted by Crippen LogP contribution is -2.11. The molecule has 3 rings (SSSR count). The van der Waals surface area contributed by atoms with Gasteiger partial charge in [-0.1, -0.05) is 59.9 Å². The second-order valence-corrected chi connectivity index (χ2v) is 6.93. The first-order chi connectivity index (χ1) is 11.7. The largest absolute Gasteiger partial charge is 0.0945 e. The molecular weight excluding hydrogens is 312 g/mol. The molecule has 24 heavy (non-hydrogen) atoms. The van der Waals surface area contributed by atoms with E-state index in [1.807, 2.05) is 24.3 Å². The van der Waals surface area contributed by atoms with Crippen molar-refractivity contribution in [2.45, 2.75) is 32.6 Å². The predicted octanol–water partition coefficient (Wildman–Crippen LogP) is 6.74. The van der Waals surface area contributed by atoms with Crippen molar-refractivity contribution in [1.82, 2.24) is 0 Å². The van der Waals surface area contributed by atoms with Crippen LogP contribution >= 0.6 is 11.6 Å². The molecule has 0 spiro atoms. The maximum Gasteiger partial charge on any atom is 0.0406 e. The molecule has 0 aromatic heterocycles. The van der Waals surface area contributed by atoms with E-state index < -0.39 is 0 Å². The summed E-state index contributed by atoms with van der Waals surface area (Å²) in [4.78, 5) is 0. The van der Waals surface area contributed by atoms with Crippen LogP contribution in [0.2, 0.25) is 5.02 Å². The smallest absolute Gasteiger partial charge is 0.0406 e. The van der Waals surface area contributed by atoms with Crippen LogP contribution in [0, 0.1) is 23.7 Å². The maximum absolute atomic E-state index is 5.94. The van der Waals surface area contributed by atoms with Gasteiger partial charge in [-0.05, 0) is 73.9 Å². The van der Waals surface area contributed by atoms with Crippen LogP contribution in [-0.4, -0.2) is 0 Å². The summed E-state index contributed by atoms with van der Waals surface area (Å²) in [6, 6.07) is 16.4. The zero-order valence-corrected chi connectivity index (χ0v) is 14.9. The molecule has 0 saturated heterocycles. The summed E-state index contributed by atoms with van der Waals surface area (Å²) in [5.41, 5.74) is 3.48. The normalized spacial score (nSPS) is 20.6. The minimum absolute atomic E-state index is 0.558. The molecule has 122 valence electrons. The Kier molecular flexibility index (Phi) is 5.78. The summed E-state index contributed by atoms with van der Waals surface area (Å²) in [6.45, 7) is 2.11. The van der Waals surface area contributed by atoms with Gasteiger partial charge in [0.2, 0.25) is 0 Å². The average molecular weight is 335 g/mol. The molecule has 1 saturated carbocycles. The molecule has 0 radical (unpaired) electrons. The van der Waals surface area contributed by atoms with Gasteiger partial charge in [0.05, 0.1) is 0 Å². The van der Waals surface area contributed by atoms with Gasteiger partial charge in [-0.3, -0.25) is 0 Å². The zero-order chi connectivity index (χ0) is 16.8. The topological polar surface area (TPSA) is 0 Å². The van der Waals surface area contributed by atoms with Gasteiger partial charge in [0.25, 0.3) is 0 Å². The van der Waals surface area contributed by atoms with E-state index in [9.17, 15) is 0 Å². The van der Waals surface area contributed by atoms with Crippen molar-refractivity contribution in [2.24, 2.45) is 11.8 Å². The molecule has 1 aliphatic carbocycles. The number of rotatable bonds is 2. The van der Waals surface area contributed by atoms with Gasteiger partial charge in [0.15, 0.2) is 0 Å². The number of hydrogen-bond acceptors (Lipinski definition) is 0. The molecule has 0 unspecified atom stereocenters. The monoisotopic (exact) mass is 334 g/mol. The van der Waals surface area contributed by atoms with Gasteiger partial charge in [0.1, 0.15) is 0 Å². The van der Waals surface area contributed by atoms with Crippen molar-refractivity contribution >= 4 is 11.6 Å². The first kappa shape index (κ1) is 16.9. The van der Waals surface area contributed by atoms with Crippen molar-refractivity contribution in [3.8, 4) is 23.0 Å². The number of benzene rings is 2. The predicted molar refractivity (Wildman–Crippen MR) is 104 cm³/mol. The van der Waals surface area contributed by atoms with Crippen LogP contribution in [-0.2, 0) is 0 Å². The lowest BCUT2D eigenvalue weighted by Gasteiger charge is -2.22. The standard InChI is InChI=1S/C23H23Cl/c1-2-3-18-4-6-19(7-5-18)8-9-20-10-12-21(13-11-20)22-14-16-23(24)17-15-22/h2-3,10-19H,4-7H2,1H3/b3-2+. The lowest BCUT2D eigenvalue weighted by molar-refractivity contribution is 0.364. The van der Waals surface area contributed by atoms with Crippen LogP contribution in [0.5, 0.6) is 0 Å². The number of allylic oxidation sites excluding steroid dienone is 2. The summed E-state index contributed by atoms with van der Waals surface area (Å²) >= 11 is 5.94. The Hall–Kier alpha value is -1.97. The number of halogens is 1. The van der Waals surface area contributed by atoms with Gasteiger partial charge in [-0.25, -0.2) is 0 Å². The van der Waals surface area contributed by atoms with Crippen molar-refractivity contribution in [1.29, 1.82) is 0 Å². The van der Waals surface area contributed by atoms with Crippen LogP contribution in [0.1, 0.15) is 38.2 Å². The molecule has 0 bridgehead atoms. The van der Waals surface area contributed by atoms with Gasteiger partial charge in [0, 0.05) is 16.5 Å². The Balaban J connectivity index is 1.62. The third-order valence-electron chi connectivity index (χ3n) is 4.72. The number of hydrogen-bond donors (Lipinski definition) is 0. The van der Waals surface area contributed by atoms with Crippen molar-refractivity contribution in [3.05, 3.63) is 71.3 Å². The van der Waals surface area contributed by atoms with Crippen LogP contribution in [0.25, 0.3) is 11.1 Å². The Morgan fingerprint density at radius 3 is 2.04 bits per heavy atom. The highest BCUT2D eigenvalue weighted by Gasteiger charge is 2.17. The Bertz CT molecular complexity index is 733. The fraction of sp³-hybridized carbons (Fsp3) is 0.304. The van der Waals surface area contributed by atoms with Gasteiger partial charge >= 0.3 is 0 Å². The van der Waals surface area contributed by atoms with Gasteiger partial charge in [-0.2, -0.15) is 0 Å². The highest BCUT2D eigenvalue weighted by atomic mass is 35.5. The summed E-state index contributed by atoms with van der Waals surface area (Å²) in [7, 11) is 0. The van der Waals surface area contributed by atoms with Crippen LogP contribution < -0.4 is 0 Å². The van der Waals surface area contributed by atoms with Gasteiger partial charge < -0.3 is 0 Å². The summed E-state index contributed by atoms with van der Waals surface area (Å²) in [6.07, 6.45) is 9.53. The summed E-state index contributed by atoms with van der Waals surface area (Å²) in [5.74, 6) is 8.16. The van der Waals surface area contributed by atoms with E-state index in [0.29, 0.717) is 5.92 Å². The Labute approximate surface area is 150 Å². The molecule has 1 aliphatic rings. The SMILES string of the molecule is C/C=C/C1CCC(C#Cc2ccc(-c3ccc(Cl)cc3)cc2)CC1. The third-order valence-corrected chi connectivity index (χ3v) is 4.97. The minimum Gasteiger partial charge on any atom is -0.0945 e. The molecule has 1 heteroatoms. The van der Waals surface area contributed by atoms with Crippen LogP contribution in [0.3, 0.4) is 0 Å². The lowest BCUT2D eigenvalue weighted by atomic mass is 9.82. The van der Waals surface area contributed by atoms with Gasteiger partial charge in [-0.15, -0.1) is 0 Å². The molecule has 0 nitrogen and oxygen atoms in total. The fourth-order valence-electron chi connectivity index (χ4n) is 3.30. The molecule has 0 amide bonds. The van der Waals surface area contributed by atoms with E-state index in [2.05, 4.69) is 55.2 Å². The van der Waals surface area contributed by atoms with Crippen molar-refractivity contribution in [3.63, 3.8) is 0 Å². The molecular formula is C23H23Cl. The molecule has 2 aromatic rings. The first-order valence-electron chi connectivity index (χ1n) is 8.75. The van der Waals surface area contributed by atoms with Crippen LogP contribution in [0.4, 0.5) is 0 Å². The van der Waals surface area contributed by atoms with E-state index in [-0.39, 0.29) is 0 Å². The van der Waals surface area contributed by atoms with E-state index in [1.165, 1.54) is 36.8 Å². The van der Waals surface area contributed by atoms with E-state index in [1.54, 1.807) is 0 Å². The molecule has 0 N–H and O–H groups in total. The minimum atomic E-state index is 0.558. The van der Waals surface area contributed by atoms with E-state index in [0.717, 1.165) is 16.5 Å². The van der Waals surface area contributed by atoms with E-state index >= 15 is 0 Å². The average Bonchev–Trinajstić information content (AvgIpc) is 2.63. The summed E-state index contributed by atoms with van der Waals surface area (Å²) in [5, 5.41) is 0.769. The zero-order valence-electron chi connectivity index (χ0n) is 14.1. The third kappa shape index (κ3) is 4.53. The molecule has 0 heterocycles. The maximum atomic E-state index is 5.94. The van der Waals surface area contributed by atoms with E-state index in [4.69, 9.17) is 11.6 Å². The second-order valence-electron chi connectivity index (χ2n) is 6.49.